The van der Waals surface area contributed by atoms with Crippen LogP contribution in [0.4, 0.5) is 0 Å². The Morgan fingerprint density at radius 2 is 1.93 bits per heavy atom. The fourth-order valence-corrected chi connectivity index (χ4v) is 4.14. The molecule has 1 aliphatic rings. The van der Waals surface area contributed by atoms with E-state index in [1.807, 2.05) is 4.57 Å². The van der Waals surface area contributed by atoms with Crippen molar-refractivity contribution in [2.24, 2.45) is 5.92 Å². The summed E-state index contributed by atoms with van der Waals surface area (Å²) >= 11 is 0. The summed E-state index contributed by atoms with van der Waals surface area (Å²) in [6.07, 6.45) is 7.70. The zero-order chi connectivity index (χ0) is 21.7. The van der Waals surface area contributed by atoms with E-state index in [0.717, 1.165) is 38.5 Å². The standard InChI is InChI=1S/C22H34N4O4/c1-4-5-13-25-20-19(21(28)24-22(25)29)26(14-15(2)3)17(23-20)11-12-18(27)30-16-9-7-6-8-10-16/h15-16H,4-14H2,1-3H3,(H,24,28,29). The molecule has 0 saturated heterocycles. The number of H-pyrrole nitrogens is 1. The Hall–Kier alpha value is -2.38. The molecule has 8 heteroatoms. The van der Waals surface area contributed by atoms with Crippen molar-refractivity contribution < 1.29 is 9.53 Å². The van der Waals surface area contributed by atoms with Gasteiger partial charge in [-0.3, -0.25) is 19.1 Å². The van der Waals surface area contributed by atoms with Crippen molar-refractivity contribution in [1.29, 1.82) is 0 Å². The summed E-state index contributed by atoms with van der Waals surface area (Å²) in [5.41, 5.74) is -0.0334. The first-order valence-electron chi connectivity index (χ1n) is 11.3. The Balaban J connectivity index is 1.88. The van der Waals surface area contributed by atoms with Crippen LogP contribution in [0.3, 0.4) is 0 Å². The van der Waals surface area contributed by atoms with E-state index in [-0.39, 0.29) is 24.4 Å². The molecular weight excluding hydrogens is 384 g/mol. The summed E-state index contributed by atoms with van der Waals surface area (Å²) < 4.78 is 9.04. The number of carbonyl (C=O) groups is 1. The second kappa shape index (κ2) is 10.1. The Morgan fingerprint density at radius 1 is 1.20 bits per heavy atom. The highest BCUT2D eigenvalue weighted by molar-refractivity contribution is 5.72. The van der Waals surface area contributed by atoms with Crippen molar-refractivity contribution in [3.05, 3.63) is 26.7 Å². The summed E-state index contributed by atoms with van der Waals surface area (Å²) in [6, 6.07) is 0. The Morgan fingerprint density at radius 3 is 2.60 bits per heavy atom. The number of hydrogen-bond acceptors (Lipinski definition) is 5. The SMILES string of the molecule is CCCCn1c(=O)[nH]c(=O)c2c1nc(CCC(=O)OC1CCCCC1)n2CC(C)C. The number of aromatic nitrogens is 4. The average Bonchev–Trinajstić information content (AvgIpc) is 3.05. The van der Waals surface area contributed by atoms with E-state index in [2.05, 4.69) is 30.7 Å². The molecule has 3 rings (SSSR count). The van der Waals surface area contributed by atoms with Crippen LogP contribution in [0.25, 0.3) is 11.2 Å². The number of fused-ring (bicyclic) bond motifs is 1. The van der Waals surface area contributed by atoms with Gasteiger partial charge in [0, 0.05) is 19.5 Å². The van der Waals surface area contributed by atoms with Crippen LogP contribution in [0.2, 0.25) is 0 Å². The Bertz CT molecular complexity index is 979. The van der Waals surface area contributed by atoms with Crippen LogP contribution in [0, 0.1) is 5.92 Å². The van der Waals surface area contributed by atoms with Crippen LogP contribution in [0.15, 0.2) is 9.59 Å². The fraction of sp³-hybridized carbons (Fsp3) is 0.727. The van der Waals surface area contributed by atoms with Gasteiger partial charge >= 0.3 is 11.7 Å². The number of hydrogen-bond donors (Lipinski definition) is 1. The van der Waals surface area contributed by atoms with Gasteiger partial charge in [-0.2, -0.15) is 0 Å². The first kappa shape index (κ1) is 22.3. The number of carbonyl (C=O) groups excluding carboxylic acids is 1. The smallest absolute Gasteiger partial charge is 0.330 e. The number of aromatic amines is 1. The first-order chi connectivity index (χ1) is 14.4. The number of rotatable bonds is 9. The summed E-state index contributed by atoms with van der Waals surface area (Å²) in [4.78, 5) is 44.5. The highest BCUT2D eigenvalue weighted by Gasteiger charge is 2.21. The van der Waals surface area contributed by atoms with Gasteiger partial charge in [0.05, 0.1) is 6.42 Å². The molecular formula is C22H34N4O4. The number of aryl methyl sites for hydroxylation is 2. The average molecular weight is 419 g/mol. The lowest BCUT2D eigenvalue weighted by atomic mass is 9.98. The molecule has 2 heterocycles. The normalized spacial score (nSPS) is 15.2. The molecule has 2 aromatic heterocycles. The molecule has 0 bridgehead atoms. The minimum absolute atomic E-state index is 0.0304. The van der Waals surface area contributed by atoms with Crippen LogP contribution in [0.1, 0.15) is 78.0 Å². The first-order valence-corrected chi connectivity index (χ1v) is 11.3. The monoisotopic (exact) mass is 418 g/mol. The largest absolute Gasteiger partial charge is 0.462 e. The van der Waals surface area contributed by atoms with E-state index >= 15 is 0 Å². The predicted octanol–water partition coefficient (Wildman–Crippen LogP) is 3.15. The number of unbranched alkanes of at least 4 members (excludes halogenated alkanes) is 1. The van der Waals surface area contributed by atoms with Gasteiger partial charge in [-0.15, -0.1) is 0 Å². The molecule has 1 fully saturated rings. The van der Waals surface area contributed by atoms with Gasteiger partial charge < -0.3 is 9.30 Å². The molecule has 0 amide bonds. The van der Waals surface area contributed by atoms with Gasteiger partial charge in [0.2, 0.25) is 0 Å². The zero-order valence-corrected chi connectivity index (χ0v) is 18.4. The maximum atomic E-state index is 12.6. The van der Waals surface area contributed by atoms with Crippen LogP contribution >= 0.6 is 0 Å². The third-order valence-electron chi connectivity index (χ3n) is 5.65. The molecule has 0 aromatic carbocycles. The van der Waals surface area contributed by atoms with Crippen LogP contribution in [-0.2, 0) is 29.0 Å². The third-order valence-corrected chi connectivity index (χ3v) is 5.65. The van der Waals surface area contributed by atoms with E-state index in [1.165, 1.54) is 6.42 Å². The Labute approximate surface area is 176 Å². The van der Waals surface area contributed by atoms with Crippen LogP contribution in [-0.4, -0.2) is 31.2 Å². The minimum Gasteiger partial charge on any atom is -0.462 e. The highest BCUT2D eigenvalue weighted by atomic mass is 16.5. The molecule has 0 radical (unpaired) electrons. The van der Waals surface area contributed by atoms with Gasteiger partial charge in [-0.25, -0.2) is 9.78 Å². The number of ether oxygens (including phenoxy) is 1. The molecule has 0 unspecified atom stereocenters. The topological polar surface area (TPSA) is 99.0 Å². The van der Waals surface area contributed by atoms with E-state index in [0.29, 0.717) is 36.5 Å². The summed E-state index contributed by atoms with van der Waals surface area (Å²) in [5.74, 6) is 0.716. The maximum absolute atomic E-state index is 12.6. The molecule has 0 atom stereocenters. The van der Waals surface area contributed by atoms with Gasteiger partial charge in [-0.05, 0) is 38.0 Å². The van der Waals surface area contributed by atoms with Crippen molar-refractivity contribution in [3.63, 3.8) is 0 Å². The minimum atomic E-state index is -0.432. The van der Waals surface area contributed by atoms with Crippen molar-refractivity contribution in [1.82, 2.24) is 19.1 Å². The van der Waals surface area contributed by atoms with Crippen molar-refractivity contribution in [2.45, 2.75) is 97.8 Å². The van der Waals surface area contributed by atoms with Gasteiger partial charge in [-0.1, -0.05) is 33.6 Å². The lowest BCUT2D eigenvalue weighted by Gasteiger charge is -2.21. The molecule has 1 aliphatic carbocycles. The van der Waals surface area contributed by atoms with E-state index in [9.17, 15) is 14.4 Å². The van der Waals surface area contributed by atoms with Gasteiger partial charge in [0.25, 0.3) is 5.56 Å². The quantitative estimate of drug-likeness (QED) is 0.631. The van der Waals surface area contributed by atoms with Crippen LogP contribution < -0.4 is 11.2 Å². The number of esters is 1. The van der Waals surface area contributed by atoms with Crippen LogP contribution in [0.5, 0.6) is 0 Å². The van der Waals surface area contributed by atoms with E-state index in [1.54, 1.807) is 4.57 Å². The second-order valence-corrected chi connectivity index (χ2v) is 8.72. The van der Waals surface area contributed by atoms with Crippen molar-refractivity contribution in [2.75, 3.05) is 0 Å². The maximum Gasteiger partial charge on any atom is 0.330 e. The van der Waals surface area contributed by atoms with E-state index in [4.69, 9.17) is 4.74 Å². The molecule has 0 aliphatic heterocycles. The summed E-state index contributed by atoms with van der Waals surface area (Å²) in [6.45, 7) is 7.28. The molecule has 8 nitrogen and oxygen atoms in total. The summed E-state index contributed by atoms with van der Waals surface area (Å²) in [5, 5.41) is 0. The highest BCUT2D eigenvalue weighted by Crippen LogP contribution is 2.21. The summed E-state index contributed by atoms with van der Waals surface area (Å²) in [7, 11) is 0. The fourth-order valence-electron chi connectivity index (χ4n) is 4.14. The third kappa shape index (κ3) is 5.21. The molecule has 166 valence electrons. The van der Waals surface area contributed by atoms with Crippen molar-refractivity contribution >= 4 is 17.1 Å². The van der Waals surface area contributed by atoms with E-state index < -0.39 is 11.2 Å². The number of nitrogens with zero attached hydrogens (tertiary/aromatic N) is 3. The number of imidazole rings is 1. The Kier molecular flexibility index (Phi) is 7.50. The van der Waals surface area contributed by atoms with Crippen molar-refractivity contribution in [3.8, 4) is 0 Å². The second-order valence-electron chi connectivity index (χ2n) is 8.72. The molecule has 1 N–H and O–H groups in total. The zero-order valence-electron chi connectivity index (χ0n) is 18.4. The molecule has 30 heavy (non-hydrogen) atoms. The predicted molar refractivity (Wildman–Crippen MR) is 116 cm³/mol. The lowest BCUT2D eigenvalue weighted by Crippen LogP contribution is -2.31. The molecule has 1 saturated carbocycles. The van der Waals surface area contributed by atoms with Gasteiger partial charge in [0.15, 0.2) is 11.2 Å². The lowest BCUT2D eigenvalue weighted by molar-refractivity contribution is -0.150. The number of nitrogens with one attached hydrogen (secondary N) is 1. The molecule has 0 spiro atoms. The molecule has 2 aromatic rings. The van der Waals surface area contributed by atoms with Gasteiger partial charge in [0.1, 0.15) is 11.9 Å².